The van der Waals surface area contributed by atoms with Crippen LogP contribution in [0.5, 0.6) is 0 Å². The quantitative estimate of drug-likeness (QED) is 0.763. The van der Waals surface area contributed by atoms with E-state index in [0.29, 0.717) is 24.3 Å². The van der Waals surface area contributed by atoms with Crippen molar-refractivity contribution in [2.75, 3.05) is 18.0 Å². The molecular formula is C16H17ClFN3O3. The van der Waals surface area contributed by atoms with E-state index in [1.54, 1.807) is 6.07 Å². The Kier molecular flexibility index (Phi) is 3.80. The van der Waals surface area contributed by atoms with Crippen molar-refractivity contribution in [3.8, 4) is 0 Å². The average Bonchev–Trinajstić information content (AvgIpc) is 3.20. The number of aromatic nitrogens is 1. The molecule has 0 bridgehead atoms. The predicted molar refractivity (Wildman–Crippen MR) is 90.6 cm³/mol. The monoisotopic (exact) mass is 353 g/mol. The second-order valence-electron chi connectivity index (χ2n) is 6.54. The largest absolute Gasteiger partial charge is 0.477 e. The van der Waals surface area contributed by atoms with Crippen molar-refractivity contribution in [3.63, 3.8) is 0 Å². The molecule has 24 heavy (non-hydrogen) atoms. The maximum atomic E-state index is 14.5. The Bertz CT molecular complexity index is 894. The molecule has 8 heteroatoms. The van der Waals surface area contributed by atoms with Crippen LogP contribution >= 0.6 is 12.4 Å². The predicted octanol–water partition coefficient (Wildman–Crippen LogP) is 1.71. The molecule has 1 aromatic heterocycles. The molecule has 6 nitrogen and oxygen atoms in total. The number of carboxylic acid groups (broad SMARTS) is 1. The highest BCUT2D eigenvalue weighted by molar-refractivity contribution is 5.93. The normalized spacial score (nSPS) is 21.1. The summed E-state index contributed by atoms with van der Waals surface area (Å²) < 4.78 is 14.5. The number of anilines is 1. The van der Waals surface area contributed by atoms with Gasteiger partial charge in [0.15, 0.2) is 0 Å². The molecule has 4 N–H and O–H groups in total. The fourth-order valence-electron chi connectivity index (χ4n) is 3.50. The van der Waals surface area contributed by atoms with Crippen LogP contribution in [-0.4, -0.2) is 35.2 Å². The van der Waals surface area contributed by atoms with Crippen LogP contribution in [0.15, 0.2) is 23.1 Å². The first-order valence-corrected chi connectivity index (χ1v) is 7.50. The summed E-state index contributed by atoms with van der Waals surface area (Å²) in [4.78, 5) is 27.8. The van der Waals surface area contributed by atoms with Gasteiger partial charge in [-0.3, -0.25) is 4.79 Å². The summed E-state index contributed by atoms with van der Waals surface area (Å²) in [7, 11) is 0. The number of H-pyrrole nitrogens is 1. The number of nitrogens with two attached hydrogens (primary N) is 1. The number of aromatic carboxylic acids is 1. The van der Waals surface area contributed by atoms with E-state index in [9.17, 15) is 14.0 Å². The highest BCUT2D eigenvalue weighted by atomic mass is 35.5. The van der Waals surface area contributed by atoms with Crippen molar-refractivity contribution in [1.29, 1.82) is 0 Å². The third-order valence-corrected chi connectivity index (χ3v) is 5.12. The summed E-state index contributed by atoms with van der Waals surface area (Å²) in [6, 6.07) is 2.71. The lowest BCUT2D eigenvalue weighted by atomic mass is 10.0. The molecular weight excluding hydrogens is 337 g/mol. The minimum Gasteiger partial charge on any atom is -0.477 e. The number of benzene rings is 1. The van der Waals surface area contributed by atoms with Gasteiger partial charge >= 0.3 is 5.97 Å². The van der Waals surface area contributed by atoms with Crippen molar-refractivity contribution in [3.05, 3.63) is 39.9 Å². The number of carboxylic acids is 1. The second kappa shape index (κ2) is 5.46. The van der Waals surface area contributed by atoms with E-state index in [1.807, 2.05) is 4.90 Å². The van der Waals surface area contributed by atoms with Gasteiger partial charge in [0.05, 0.1) is 11.2 Å². The standard InChI is InChI=1S/C16H16FN3O3.ClH/c17-10-3-8-11(19-5-9(14(8)21)15(22)23)4-12(10)20-6-13(18)16(7-20)1-2-16;/h3-5,13H,1-2,6-7,18H2,(H,19,21)(H,22,23);1H. The molecule has 1 spiro atoms. The summed E-state index contributed by atoms with van der Waals surface area (Å²) in [5, 5.41) is 9.02. The van der Waals surface area contributed by atoms with E-state index < -0.39 is 22.8 Å². The minimum atomic E-state index is -1.33. The maximum Gasteiger partial charge on any atom is 0.341 e. The SMILES string of the molecule is Cl.NC1CN(c2cc3[nH]cc(C(=O)O)c(=O)c3cc2F)CC12CC2. The summed E-state index contributed by atoms with van der Waals surface area (Å²) in [6.07, 6.45) is 3.28. The zero-order valence-electron chi connectivity index (χ0n) is 12.7. The van der Waals surface area contributed by atoms with Crippen LogP contribution in [0.4, 0.5) is 10.1 Å². The number of carbonyl (C=O) groups is 1. The third kappa shape index (κ3) is 2.35. The Balaban J connectivity index is 0.00000169. The highest BCUT2D eigenvalue weighted by Gasteiger charge is 2.53. The Morgan fingerprint density at radius 1 is 1.42 bits per heavy atom. The number of hydrogen-bond acceptors (Lipinski definition) is 4. The summed E-state index contributed by atoms with van der Waals surface area (Å²) in [6.45, 7) is 1.30. The van der Waals surface area contributed by atoms with Crippen LogP contribution in [0, 0.1) is 11.2 Å². The molecule has 1 unspecified atom stereocenters. The molecule has 0 radical (unpaired) electrons. The van der Waals surface area contributed by atoms with Gasteiger partial charge in [0, 0.05) is 36.1 Å². The van der Waals surface area contributed by atoms with Crippen LogP contribution in [0.2, 0.25) is 0 Å². The number of nitrogens with zero attached hydrogens (tertiary/aromatic N) is 1. The molecule has 128 valence electrons. The van der Waals surface area contributed by atoms with Gasteiger partial charge in [-0.25, -0.2) is 9.18 Å². The van der Waals surface area contributed by atoms with E-state index in [4.69, 9.17) is 10.8 Å². The van der Waals surface area contributed by atoms with E-state index in [0.717, 1.165) is 25.1 Å². The molecule has 1 atom stereocenters. The Hall–Kier alpha value is -2.12. The van der Waals surface area contributed by atoms with Crippen molar-refractivity contribution in [2.45, 2.75) is 18.9 Å². The van der Waals surface area contributed by atoms with Gasteiger partial charge in [0.25, 0.3) is 0 Å². The smallest absolute Gasteiger partial charge is 0.341 e. The molecule has 1 aliphatic carbocycles. The van der Waals surface area contributed by atoms with Gasteiger partial charge in [-0.05, 0) is 25.0 Å². The molecule has 2 aromatic rings. The molecule has 1 saturated heterocycles. The lowest BCUT2D eigenvalue weighted by molar-refractivity contribution is 0.0695. The Morgan fingerprint density at radius 2 is 2.12 bits per heavy atom. The van der Waals surface area contributed by atoms with Gasteiger partial charge in [-0.2, -0.15) is 0 Å². The van der Waals surface area contributed by atoms with Gasteiger partial charge in [-0.15, -0.1) is 12.4 Å². The van der Waals surface area contributed by atoms with E-state index in [2.05, 4.69) is 4.98 Å². The summed E-state index contributed by atoms with van der Waals surface area (Å²) in [5.74, 6) is -1.87. The third-order valence-electron chi connectivity index (χ3n) is 5.12. The van der Waals surface area contributed by atoms with Crippen LogP contribution in [0.1, 0.15) is 23.2 Å². The van der Waals surface area contributed by atoms with Gasteiger partial charge in [-0.1, -0.05) is 0 Å². The molecule has 4 rings (SSSR count). The van der Waals surface area contributed by atoms with Crippen molar-refractivity contribution >= 4 is 35.0 Å². The Labute approximate surface area is 142 Å². The van der Waals surface area contributed by atoms with E-state index in [-0.39, 0.29) is 29.3 Å². The first-order valence-electron chi connectivity index (χ1n) is 7.50. The first kappa shape index (κ1) is 16.7. The van der Waals surface area contributed by atoms with E-state index in [1.165, 1.54) is 0 Å². The number of nitrogens with one attached hydrogen (secondary N) is 1. The topological polar surface area (TPSA) is 99.4 Å². The number of hydrogen-bond donors (Lipinski definition) is 3. The molecule has 1 saturated carbocycles. The zero-order chi connectivity index (χ0) is 16.4. The van der Waals surface area contributed by atoms with Crippen molar-refractivity contribution in [2.24, 2.45) is 11.1 Å². The van der Waals surface area contributed by atoms with Crippen molar-refractivity contribution in [1.82, 2.24) is 4.98 Å². The molecule has 1 aromatic carbocycles. The van der Waals surface area contributed by atoms with Gasteiger partial charge in [0.1, 0.15) is 11.4 Å². The molecule has 2 aliphatic rings. The Morgan fingerprint density at radius 3 is 2.71 bits per heavy atom. The summed E-state index contributed by atoms with van der Waals surface area (Å²) in [5.41, 5.74) is 6.00. The number of pyridine rings is 1. The molecule has 2 heterocycles. The minimum absolute atomic E-state index is 0. The second-order valence-corrected chi connectivity index (χ2v) is 6.54. The number of rotatable bonds is 2. The maximum absolute atomic E-state index is 14.5. The lowest BCUT2D eigenvalue weighted by Gasteiger charge is -2.19. The first-order chi connectivity index (χ1) is 10.9. The number of aromatic amines is 1. The van der Waals surface area contributed by atoms with E-state index >= 15 is 0 Å². The highest BCUT2D eigenvalue weighted by Crippen LogP contribution is 2.52. The fraction of sp³-hybridized carbons (Fsp3) is 0.375. The molecule has 1 aliphatic heterocycles. The summed E-state index contributed by atoms with van der Waals surface area (Å²) >= 11 is 0. The van der Waals surface area contributed by atoms with Crippen LogP contribution in [0.25, 0.3) is 10.9 Å². The van der Waals surface area contributed by atoms with Gasteiger partial charge in [0.2, 0.25) is 5.43 Å². The van der Waals surface area contributed by atoms with Gasteiger partial charge < -0.3 is 20.7 Å². The van der Waals surface area contributed by atoms with Crippen LogP contribution in [-0.2, 0) is 0 Å². The molecule has 0 amide bonds. The van der Waals surface area contributed by atoms with Crippen LogP contribution < -0.4 is 16.1 Å². The average molecular weight is 354 g/mol. The molecule has 2 fully saturated rings. The lowest BCUT2D eigenvalue weighted by Crippen LogP contribution is -2.30. The van der Waals surface area contributed by atoms with Crippen molar-refractivity contribution < 1.29 is 14.3 Å². The zero-order valence-corrected chi connectivity index (χ0v) is 13.5. The fourth-order valence-corrected chi connectivity index (χ4v) is 3.50. The number of fused-ring (bicyclic) bond motifs is 1. The number of halogens is 2. The van der Waals surface area contributed by atoms with Crippen LogP contribution in [0.3, 0.4) is 0 Å².